The maximum absolute atomic E-state index is 4.32. The van der Waals surface area contributed by atoms with Gasteiger partial charge in [0.1, 0.15) is 0 Å². The third-order valence-electron chi connectivity index (χ3n) is 3.03. The number of nitrogens with zero attached hydrogens (tertiary/aromatic N) is 1. The van der Waals surface area contributed by atoms with Crippen LogP contribution in [-0.2, 0) is 0 Å². The van der Waals surface area contributed by atoms with E-state index in [0.717, 1.165) is 58.1 Å². The van der Waals surface area contributed by atoms with Crippen molar-refractivity contribution >= 4 is 12.6 Å². The first-order valence-electron chi connectivity index (χ1n) is 6.89. The summed E-state index contributed by atoms with van der Waals surface area (Å²) in [6.45, 7) is 10.1. The van der Waals surface area contributed by atoms with Crippen LogP contribution < -0.4 is 16.0 Å². The van der Waals surface area contributed by atoms with E-state index >= 15 is 0 Å². The van der Waals surface area contributed by atoms with Crippen molar-refractivity contribution in [3.8, 4) is 0 Å². The summed E-state index contributed by atoms with van der Waals surface area (Å²) < 4.78 is 0. The number of hydrogen-bond acceptors (Lipinski definition) is 5. The predicted octanol–water partition coefficient (Wildman–Crippen LogP) is -0.219. The number of nitrogens with one attached hydrogen (secondary N) is 3. The van der Waals surface area contributed by atoms with Crippen LogP contribution in [0.15, 0.2) is 0 Å². The highest BCUT2D eigenvalue weighted by molar-refractivity contribution is 7.80. The second kappa shape index (κ2) is 11.3. The van der Waals surface area contributed by atoms with Gasteiger partial charge in [0.15, 0.2) is 0 Å². The molecule has 1 aliphatic rings. The summed E-state index contributed by atoms with van der Waals surface area (Å²) in [7, 11) is 0. The standard InChI is InChI=1S/C12H28N4S/c17-12-11-16-9-2-5-14-7-6-13-3-1-4-15-8-10-16/h13-15,17H,1-12H2. The lowest BCUT2D eigenvalue weighted by Gasteiger charge is -2.22. The molecule has 4 nitrogen and oxygen atoms in total. The maximum Gasteiger partial charge on any atom is 0.0107 e. The van der Waals surface area contributed by atoms with Crippen LogP contribution in [0.5, 0.6) is 0 Å². The third-order valence-corrected chi connectivity index (χ3v) is 3.23. The maximum atomic E-state index is 4.32. The van der Waals surface area contributed by atoms with Crippen LogP contribution >= 0.6 is 12.6 Å². The molecule has 1 heterocycles. The lowest BCUT2D eigenvalue weighted by atomic mass is 10.3. The Morgan fingerprint density at radius 3 is 2.12 bits per heavy atom. The lowest BCUT2D eigenvalue weighted by Crippen LogP contribution is -2.37. The van der Waals surface area contributed by atoms with Gasteiger partial charge in [-0.25, -0.2) is 0 Å². The Balaban J connectivity index is 2.19. The van der Waals surface area contributed by atoms with Crippen LogP contribution in [0.1, 0.15) is 12.8 Å². The lowest BCUT2D eigenvalue weighted by molar-refractivity contribution is 0.284. The van der Waals surface area contributed by atoms with Crippen LogP contribution in [0.4, 0.5) is 0 Å². The van der Waals surface area contributed by atoms with Crippen LogP contribution in [0.2, 0.25) is 0 Å². The first kappa shape index (κ1) is 15.2. The van der Waals surface area contributed by atoms with Crippen molar-refractivity contribution < 1.29 is 0 Å². The fraction of sp³-hybridized carbons (Fsp3) is 1.00. The Hall–Kier alpha value is 0.190. The van der Waals surface area contributed by atoms with Crippen molar-refractivity contribution in [1.82, 2.24) is 20.9 Å². The highest BCUT2D eigenvalue weighted by Gasteiger charge is 2.03. The molecule has 0 radical (unpaired) electrons. The molecule has 1 fully saturated rings. The molecule has 0 saturated carbocycles. The van der Waals surface area contributed by atoms with Crippen molar-refractivity contribution in [3.05, 3.63) is 0 Å². The van der Waals surface area contributed by atoms with E-state index in [0.29, 0.717) is 0 Å². The molecule has 0 bridgehead atoms. The summed E-state index contributed by atoms with van der Waals surface area (Å²) >= 11 is 4.32. The van der Waals surface area contributed by atoms with Crippen LogP contribution in [0, 0.1) is 0 Å². The Morgan fingerprint density at radius 1 is 0.765 bits per heavy atom. The summed E-state index contributed by atoms with van der Waals surface area (Å²) in [5.74, 6) is 0.956. The minimum atomic E-state index is 0.956. The monoisotopic (exact) mass is 260 g/mol. The number of rotatable bonds is 2. The summed E-state index contributed by atoms with van der Waals surface area (Å²) in [6, 6.07) is 0. The highest BCUT2D eigenvalue weighted by Crippen LogP contribution is 1.92. The van der Waals surface area contributed by atoms with Gasteiger partial charge in [-0.05, 0) is 39.0 Å². The molecular weight excluding hydrogens is 232 g/mol. The van der Waals surface area contributed by atoms with E-state index < -0.39 is 0 Å². The van der Waals surface area contributed by atoms with Crippen molar-refractivity contribution in [3.63, 3.8) is 0 Å². The van der Waals surface area contributed by atoms with E-state index in [1.165, 1.54) is 19.4 Å². The molecular formula is C12H28N4S. The molecule has 102 valence electrons. The molecule has 1 aliphatic heterocycles. The Labute approximate surface area is 111 Å². The van der Waals surface area contributed by atoms with Gasteiger partial charge in [0.25, 0.3) is 0 Å². The molecule has 0 atom stereocenters. The van der Waals surface area contributed by atoms with Crippen LogP contribution in [0.25, 0.3) is 0 Å². The van der Waals surface area contributed by atoms with Crippen molar-refractivity contribution in [1.29, 1.82) is 0 Å². The second-order valence-electron chi connectivity index (χ2n) is 4.52. The molecule has 3 N–H and O–H groups in total. The summed E-state index contributed by atoms with van der Waals surface area (Å²) in [4.78, 5) is 2.51. The van der Waals surface area contributed by atoms with Gasteiger partial charge < -0.3 is 20.9 Å². The fourth-order valence-corrected chi connectivity index (χ4v) is 2.31. The summed E-state index contributed by atoms with van der Waals surface area (Å²) in [6.07, 6.45) is 2.44. The van der Waals surface area contributed by atoms with Gasteiger partial charge in [-0.15, -0.1) is 0 Å². The van der Waals surface area contributed by atoms with E-state index in [2.05, 4.69) is 33.5 Å². The number of thiol groups is 1. The molecule has 0 aromatic heterocycles. The van der Waals surface area contributed by atoms with Crippen LogP contribution in [0.3, 0.4) is 0 Å². The predicted molar refractivity (Wildman–Crippen MR) is 78.1 cm³/mol. The zero-order valence-electron chi connectivity index (χ0n) is 10.9. The SMILES string of the molecule is SCCN1CCCNCCNCCCNCC1. The normalized spacial score (nSPS) is 23.1. The van der Waals surface area contributed by atoms with E-state index in [-0.39, 0.29) is 0 Å². The van der Waals surface area contributed by atoms with Crippen molar-refractivity contribution in [2.24, 2.45) is 0 Å². The van der Waals surface area contributed by atoms with E-state index in [1.54, 1.807) is 0 Å². The Morgan fingerprint density at radius 2 is 1.41 bits per heavy atom. The Bertz CT molecular complexity index is 155. The highest BCUT2D eigenvalue weighted by atomic mass is 32.1. The van der Waals surface area contributed by atoms with Crippen LogP contribution in [-0.4, -0.2) is 69.6 Å². The average molecular weight is 260 g/mol. The van der Waals surface area contributed by atoms with Gasteiger partial charge >= 0.3 is 0 Å². The zero-order valence-corrected chi connectivity index (χ0v) is 11.8. The summed E-state index contributed by atoms with van der Waals surface area (Å²) in [5, 5.41) is 10.4. The van der Waals surface area contributed by atoms with Crippen molar-refractivity contribution in [2.75, 3.05) is 64.7 Å². The molecule has 1 rings (SSSR count). The second-order valence-corrected chi connectivity index (χ2v) is 4.97. The number of hydrogen-bond donors (Lipinski definition) is 4. The average Bonchev–Trinajstić information content (AvgIpc) is 2.34. The van der Waals surface area contributed by atoms with E-state index in [4.69, 9.17) is 0 Å². The largest absolute Gasteiger partial charge is 0.315 e. The van der Waals surface area contributed by atoms with Gasteiger partial charge in [0.05, 0.1) is 0 Å². The molecule has 0 spiro atoms. The minimum absolute atomic E-state index is 0.956. The van der Waals surface area contributed by atoms with Crippen molar-refractivity contribution in [2.45, 2.75) is 12.8 Å². The van der Waals surface area contributed by atoms with Gasteiger partial charge in [0.2, 0.25) is 0 Å². The first-order chi connectivity index (χ1) is 8.43. The molecule has 0 aromatic rings. The molecule has 17 heavy (non-hydrogen) atoms. The first-order valence-corrected chi connectivity index (χ1v) is 7.52. The molecule has 5 heteroatoms. The summed E-state index contributed by atoms with van der Waals surface area (Å²) in [5.41, 5.74) is 0. The van der Waals surface area contributed by atoms with Gasteiger partial charge in [-0.1, -0.05) is 0 Å². The van der Waals surface area contributed by atoms with Gasteiger partial charge in [-0.3, -0.25) is 0 Å². The van der Waals surface area contributed by atoms with E-state index in [9.17, 15) is 0 Å². The fourth-order valence-electron chi connectivity index (χ4n) is 2.03. The van der Waals surface area contributed by atoms with E-state index in [1.807, 2.05) is 0 Å². The minimum Gasteiger partial charge on any atom is -0.315 e. The molecule has 0 aliphatic carbocycles. The molecule has 0 unspecified atom stereocenters. The van der Waals surface area contributed by atoms with Gasteiger partial charge in [-0.2, -0.15) is 12.6 Å². The smallest absolute Gasteiger partial charge is 0.0107 e. The molecule has 0 amide bonds. The topological polar surface area (TPSA) is 39.3 Å². The quantitative estimate of drug-likeness (QED) is 0.518. The third kappa shape index (κ3) is 8.85. The Kier molecular flexibility index (Phi) is 10.1. The molecule has 1 saturated heterocycles. The van der Waals surface area contributed by atoms with Gasteiger partial charge in [0, 0.05) is 38.5 Å². The zero-order chi connectivity index (χ0) is 12.2. The molecule has 0 aromatic carbocycles.